The molecular formula is C19H26N2O6. The van der Waals surface area contributed by atoms with Gasteiger partial charge in [-0.25, -0.2) is 0 Å². The fourth-order valence-electron chi connectivity index (χ4n) is 3.12. The molecule has 0 unspecified atom stereocenters. The zero-order valence-electron chi connectivity index (χ0n) is 16.1. The Morgan fingerprint density at radius 1 is 1.30 bits per heavy atom. The Hall–Kier alpha value is -2.77. The van der Waals surface area contributed by atoms with E-state index >= 15 is 0 Å². The Kier molecular flexibility index (Phi) is 6.30. The van der Waals surface area contributed by atoms with E-state index in [9.17, 15) is 14.4 Å². The SMILES string of the molecule is CC[C@](C)(CC(=O)O)NC(=O)[C@H]1CC(=O)N(c2ccc(OC)c(OC)c2)C1. The number of rotatable bonds is 8. The van der Waals surface area contributed by atoms with Crippen molar-refractivity contribution in [3.8, 4) is 11.5 Å². The van der Waals surface area contributed by atoms with Gasteiger partial charge in [0.2, 0.25) is 11.8 Å². The lowest BCUT2D eigenvalue weighted by atomic mass is 9.93. The third-order valence-electron chi connectivity index (χ3n) is 4.92. The molecule has 8 nitrogen and oxygen atoms in total. The number of ether oxygens (including phenoxy) is 2. The minimum Gasteiger partial charge on any atom is -0.493 e. The van der Waals surface area contributed by atoms with Crippen LogP contribution in [0.1, 0.15) is 33.1 Å². The molecule has 1 heterocycles. The first kappa shape index (κ1) is 20.5. The maximum Gasteiger partial charge on any atom is 0.305 e. The number of hydrogen-bond donors (Lipinski definition) is 2. The van der Waals surface area contributed by atoms with Gasteiger partial charge in [0, 0.05) is 30.3 Å². The van der Waals surface area contributed by atoms with Crippen LogP contribution < -0.4 is 19.7 Å². The number of nitrogens with one attached hydrogen (secondary N) is 1. The van der Waals surface area contributed by atoms with Crippen LogP contribution in [0.25, 0.3) is 0 Å². The number of benzene rings is 1. The molecule has 8 heteroatoms. The average molecular weight is 378 g/mol. The van der Waals surface area contributed by atoms with Crippen LogP contribution in [0, 0.1) is 5.92 Å². The summed E-state index contributed by atoms with van der Waals surface area (Å²) in [6.45, 7) is 3.74. The number of anilines is 1. The van der Waals surface area contributed by atoms with Crippen LogP contribution in [0.5, 0.6) is 11.5 Å². The second kappa shape index (κ2) is 8.28. The number of aliphatic carboxylic acids is 1. The van der Waals surface area contributed by atoms with Gasteiger partial charge >= 0.3 is 5.97 Å². The van der Waals surface area contributed by atoms with Gasteiger partial charge in [-0.05, 0) is 25.5 Å². The van der Waals surface area contributed by atoms with E-state index in [1.807, 2.05) is 6.92 Å². The molecule has 1 aliphatic rings. The molecule has 0 aromatic heterocycles. The number of amides is 2. The first-order valence-electron chi connectivity index (χ1n) is 8.79. The lowest BCUT2D eigenvalue weighted by molar-refractivity contribution is -0.139. The normalized spacial score (nSPS) is 18.7. The van der Waals surface area contributed by atoms with Gasteiger partial charge in [0.05, 0.1) is 26.6 Å². The van der Waals surface area contributed by atoms with E-state index in [1.165, 1.54) is 19.1 Å². The molecule has 0 bridgehead atoms. The van der Waals surface area contributed by atoms with Crippen molar-refractivity contribution in [2.45, 2.75) is 38.6 Å². The van der Waals surface area contributed by atoms with Crippen LogP contribution in [0.4, 0.5) is 5.69 Å². The minimum absolute atomic E-state index is 0.0764. The molecule has 0 radical (unpaired) electrons. The summed E-state index contributed by atoms with van der Waals surface area (Å²) < 4.78 is 10.5. The van der Waals surface area contributed by atoms with Crippen molar-refractivity contribution in [1.82, 2.24) is 5.32 Å². The van der Waals surface area contributed by atoms with Gasteiger partial charge in [0.15, 0.2) is 11.5 Å². The van der Waals surface area contributed by atoms with E-state index in [2.05, 4.69) is 5.32 Å². The summed E-state index contributed by atoms with van der Waals surface area (Å²) >= 11 is 0. The summed E-state index contributed by atoms with van der Waals surface area (Å²) in [6.07, 6.45) is 0.382. The predicted octanol–water partition coefficient (Wildman–Crippen LogP) is 1.82. The summed E-state index contributed by atoms with van der Waals surface area (Å²) in [7, 11) is 3.04. The summed E-state index contributed by atoms with van der Waals surface area (Å²) in [6, 6.07) is 5.13. The standard InChI is InChI=1S/C19H26N2O6/c1-5-19(2,10-17(23)24)20-18(25)12-8-16(22)21(11-12)13-6-7-14(26-3)15(9-13)27-4/h6-7,9,12H,5,8,10-11H2,1-4H3,(H,20,25)(H,23,24)/t12-,19+/m0/s1. The van der Waals surface area contributed by atoms with Crippen LogP contribution in [0.3, 0.4) is 0 Å². The Morgan fingerprint density at radius 2 is 1.96 bits per heavy atom. The molecule has 0 saturated carbocycles. The number of carbonyl (C=O) groups excluding carboxylic acids is 2. The highest BCUT2D eigenvalue weighted by Crippen LogP contribution is 2.34. The molecule has 1 aliphatic heterocycles. The van der Waals surface area contributed by atoms with Crippen molar-refractivity contribution < 1.29 is 29.0 Å². The van der Waals surface area contributed by atoms with Gasteiger partial charge in [-0.15, -0.1) is 0 Å². The first-order valence-corrected chi connectivity index (χ1v) is 8.79. The van der Waals surface area contributed by atoms with Gasteiger partial charge in [0.1, 0.15) is 0 Å². The summed E-state index contributed by atoms with van der Waals surface area (Å²) in [5, 5.41) is 11.9. The Morgan fingerprint density at radius 3 is 2.52 bits per heavy atom. The van der Waals surface area contributed by atoms with Crippen molar-refractivity contribution in [1.29, 1.82) is 0 Å². The maximum atomic E-state index is 12.6. The Bertz CT molecular complexity index is 735. The summed E-state index contributed by atoms with van der Waals surface area (Å²) in [5.41, 5.74) is -0.223. The third-order valence-corrected chi connectivity index (χ3v) is 4.92. The van der Waals surface area contributed by atoms with Crippen molar-refractivity contribution in [2.75, 3.05) is 25.7 Å². The van der Waals surface area contributed by atoms with Crippen molar-refractivity contribution in [2.24, 2.45) is 5.92 Å². The number of hydrogen-bond acceptors (Lipinski definition) is 5. The molecule has 1 fully saturated rings. The highest BCUT2D eigenvalue weighted by atomic mass is 16.5. The quantitative estimate of drug-likeness (QED) is 0.715. The molecule has 1 aromatic carbocycles. The fourth-order valence-corrected chi connectivity index (χ4v) is 3.12. The van der Waals surface area contributed by atoms with Crippen LogP contribution >= 0.6 is 0 Å². The number of nitrogens with zero attached hydrogens (tertiary/aromatic N) is 1. The zero-order chi connectivity index (χ0) is 20.2. The summed E-state index contributed by atoms with van der Waals surface area (Å²) in [4.78, 5) is 37.6. The second-order valence-electron chi connectivity index (χ2n) is 6.92. The molecule has 0 spiro atoms. The van der Waals surface area contributed by atoms with Crippen LogP contribution in [-0.4, -0.2) is 49.2 Å². The molecule has 2 N–H and O–H groups in total. The van der Waals surface area contributed by atoms with E-state index in [-0.39, 0.29) is 31.2 Å². The van der Waals surface area contributed by atoms with Gasteiger partial charge in [-0.1, -0.05) is 6.92 Å². The smallest absolute Gasteiger partial charge is 0.305 e. The van der Waals surface area contributed by atoms with E-state index in [4.69, 9.17) is 14.6 Å². The lowest BCUT2D eigenvalue weighted by Crippen LogP contribution is -2.49. The predicted molar refractivity (Wildman–Crippen MR) is 99.1 cm³/mol. The fraction of sp³-hybridized carbons (Fsp3) is 0.526. The molecule has 27 heavy (non-hydrogen) atoms. The number of carboxylic acids is 1. The molecule has 2 amide bonds. The topological polar surface area (TPSA) is 105 Å². The maximum absolute atomic E-state index is 12.6. The Labute approximate surface area is 158 Å². The highest BCUT2D eigenvalue weighted by molar-refractivity contribution is 6.00. The molecule has 1 aromatic rings. The van der Waals surface area contributed by atoms with Crippen LogP contribution in [0.2, 0.25) is 0 Å². The van der Waals surface area contributed by atoms with E-state index in [0.29, 0.717) is 23.6 Å². The molecule has 0 aliphatic carbocycles. The first-order chi connectivity index (χ1) is 12.7. The van der Waals surface area contributed by atoms with E-state index in [1.54, 1.807) is 25.1 Å². The van der Waals surface area contributed by atoms with Gasteiger partial charge in [-0.2, -0.15) is 0 Å². The second-order valence-corrected chi connectivity index (χ2v) is 6.92. The van der Waals surface area contributed by atoms with Gasteiger partial charge in [0.25, 0.3) is 0 Å². The molecule has 2 rings (SSSR count). The van der Waals surface area contributed by atoms with E-state index in [0.717, 1.165) is 0 Å². The number of carbonyl (C=O) groups is 3. The lowest BCUT2D eigenvalue weighted by Gasteiger charge is -2.29. The molecule has 1 saturated heterocycles. The van der Waals surface area contributed by atoms with Crippen molar-refractivity contribution >= 4 is 23.5 Å². The van der Waals surface area contributed by atoms with Crippen LogP contribution in [-0.2, 0) is 14.4 Å². The minimum atomic E-state index is -0.978. The zero-order valence-corrected chi connectivity index (χ0v) is 16.1. The Balaban J connectivity index is 2.12. The number of carboxylic acid groups (broad SMARTS) is 1. The highest BCUT2D eigenvalue weighted by Gasteiger charge is 2.38. The van der Waals surface area contributed by atoms with E-state index < -0.39 is 17.4 Å². The number of methoxy groups -OCH3 is 2. The van der Waals surface area contributed by atoms with Gasteiger partial charge in [-0.3, -0.25) is 14.4 Å². The molecular weight excluding hydrogens is 352 g/mol. The third kappa shape index (κ3) is 4.69. The van der Waals surface area contributed by atoms with Crippen LogP contribution in [0.15, 0.2) is 18.2 Å². The average Bonchev–Trinajstić information content (AvgIpc) is 3.02. The summed E-state index contributed by atoms with van der Waals surface area (Å²) in [5.74, 6) is -0.944. The van der Waals surface area contributed by atoms with Crippen molar-refractivity contribution in [3.63, 3.8) is 0 Å². The molecule has 148 valence electrons. The monoisotopic (exact) mass is 378 g/mol. The molecule has 2 atom stereocenters. The largest absolute Gasteiger partial charge is 0.493 e. The van der Waals surface area contributed by atoms with Crippen molar-refractivity contribution in [3.05, 3.63) is 18.2 Å². The van der Waals surface area contributed by atoms with Gasteiger partial charge < -0.3 is 24.8 Å².